The van der Waals surface area contributed by atoms with Gasteiger partial charge in [-0.15, -0.1) is 0 Å². The van der Waals surface area contributed by atoms with E-state index < -0.39 is 10.0 Å². The first-order chi connectivity index (χ1) is 9.20. The van der Waals surface area contributed by atoms with Crippen molar-refractivity contribution in [2.75, 3.05) is 32.9 Å². The normalized spacial score (nSPS) is 11.7. The molecule has 112 valence electrons. The third kappa shape index (κ3) is 3.71. The average molecular weight is 364 g/mol. The van der Waals surface area contributed by atoms with Crippen LogP contribution in [0.3, 0.4) is 0 Å². The molecule has 0 saturated carbocycles. The molecule has 20 heavy (non-hydrogen) atoms. The summed E-state index contributed by atoms with van der Waals surface area (Å²) in [6, 6.07) is 4.41. The lowest BCUT2D eigenvalue weighted by Crippen LogP contribution is -2.40. The van der Waals surface area contributed by atoms with E-state index in [1.165, 1.54) is 17.0 Å². The fraction of sp³-hybridized carbons (Fsp3) is 0.417. The summed E-state index contributed by atoms with van der Waals surface area (Å²) in [6.07, 6.45) is 0. The van der Waals surface area contributed by atoms with Gasteiger partial charge in [0.25, 0.3) is 0 Å². The third-order valence-electron chi connectivity index (χ3n) is 2.77. The molecule has 0 aliphatic carbocycles. The summed E-state index contributed by atoms with van der Waals surface area (Å²) in [5, 5.41) is 0. The third-order valence-corrected chi connectivity index (χ3v) is 5.41. The number of amides is 1. The fourth-order valence-electron chi connectivity index (χ4n) is 1.49. The zero-order valence-corrected chi connectivity index (χ0v) is 14.0. The highest BCUT2D eigenvalue weighted by atomic mass is 79.9. The first-order valence-corrected chi connectivity index (χ1v) is 8.18. The first kappa shape index (κ1) is 16.9. The molecule has 0 aromatic heterocycles. The fourth-order valence-corrected chi connectivity index (χ4v) is 3.17. The van der Waals surface area contributed by atoms with Gasteiger partial charge >= 0.3 is 0 Å². The van der Waals surface area contributed by atoms with Crippen LogP contribution in [0.1, 0.15) is 6.92 Å². The van der Waals surface area contributed by atoms with E-state index in [2.05, 4.69) is 15.9 Å². The predicted octanol–water partition coefficient (Wildman–Crippen LogP) is 1.13. The van der Waals surface area contributed by atoms with Crippen LogP contribution in [-0.2, 0) is 14.8 Å². The molecule has 0 radical (unpaired) electrons. The maximum Gasteiger partial charge on any atom is 0.243 e. The molecule has 1 rings (SSSR count). The van der Waals surface area contributed by atoms with E-state index in [0.29, 0.717) is 10.2 Å². The molecule has 1 aromatic carbocycles. The van der Waals surface area contributed by atoms with Gasteiger partial charge in [-0.1, -0.05) is 6.92 Å². The molecule has 2 N–H and O–H groups in total. The van der Waals surface area contributed by atoms with Crippen molar-refractivity contribution in [3.8, 4) is 0 Å². The van der Waals surface area contributed by atoms with Crippen LogP contribution in [0.25, 0.3) is 0 Å². The number of halogens is 1. The zero-order chi connectivity index (χ0) is 15.5. The second-order valence-electron chi connectivity index (χ2n) is 4.40. The van der Waals surface area contributed by atoms with Gasteiger partial charge in [-0.2, -0.15) is 4.31 Å². The quantitative estimate of drug-likeness (QED) is 0.794. The molecule has 8 heteroatoms. The van der Waals surface area contributed by atoms with Crippen LogP contribution in [-0.4, -0.2) is 50.7 Å². The second-order valence-corrected chi connectivity index (χ2v) is 7.19. The highest BCUT2D eigenvalue weighted by Gasteiger charge is 2.26. The molecular weight excluding hydrogens is 346 g/mol. The number of likely N-dealkylation sites (N-methyl/N-ethyl adjacent to an activating group) is 2. The lowest BCUT2D eigenvalue weighted by Gasteiger charge is -2.22. The number of hydrogen-bond donors (Lipinski definition) is 1. The van der Waals surface area contributed by atoms with Crippen LogP contribution >= 0.6 is 15.9 Å². The van der Waals surface area contributed by atoms with Crippen LogP contribution in [0.15, 0.2) is 27.6 Å². The Hall–Kier alpha value is -1.12. The maximum absolute atomic E-state index is 12.5. The summed E-state index contributed by atoms with van der Waals surface area (Å²) in [7, 11) is -0.567. The molecular formula is C12H18BrN3O3S. The summed E-state index contributed by atoms with van der Waals surface area (Å²) >= 11 is 3.22. The van der Waals surface area contributed by atoms with Crippen molar-refractivity contribution < 1.29 is 13.2 Å². The van der Waals surface area contributed by atoms with Gasteiger partial charge in [0.2, 0.25) is 15.9 Å². The standard InChI is InChI=1S/C12H18BrN3O3S/c1-4-16(8-12(17)15(2)3)20(18,19)9-5-6-10(13)11(14)7-9/h5-7H,4,8,14H2,1-3H3. The molecule has 0 unspecified atom stereocenters. The number of hydrogen-bond acceptors (Lipinski definition) is 4. The van der Waals surface area contributed by atoms with E-state index in [0.717, 1.165) is 4.31 Å². The Labute approximate surface area is 127 Å². The van der Waals surface area contributed by atoms with E-state index in [1.54, 1.807) is 27.1 Å². The number of carbonyl (C=O) groups is 1. The van der Waals surface area contributed by atoms with Gasteiger partial charge in [-0.3, -0.25) is 4.79 Å². The number of nitrogen functional groups attached to an aromatic ring is 1. The molecule has 0 fully saturated rings. The highest BCUT2D eigenvalue weighted by molar-refractivity contribution is 9.10. The van der Waals surface area contributed by atoms with Gasteiger partial charge in [0.15, 0.2) is 0 Å². The Balaban J connectivity index is 3.12. The number of anilines is 1. The minimum absolute atomic E-state index is 0.0756. The van der Waals surface area contributed by atoms with Crippen molar-refractivity contribution >= 4 is 37.5 Å². The molecule has 1 amide bonds. The Kier molecular flexibility index (Phi) is 5.55. The minimum atomic E-state index is -3.73. The molecule has 0 heterocycles. The number of nitrogens with two attached hydrogens (primary N) is 1. The van der Waals surface area contributed by atoms with Crippen molar-refractivity contribution in [1.82, 2.24) is 9.21 Å². The van der Waals surface area contributed by atoms with Crippen molar-refractivity contribution in [2.24, 2.45) is 0 Å². The molecule has 0 saturated heterocycles. The number of nitrogens with zero attached hydrogens (tertiary/aromatic N) is 2. The summed E-state index contributed by atoms with van der Waals surface area (Å²) in [4.78, 5) is 13.1. The van der Waals surface area contributed by atoms with Gasteiger partial charge in [0.1, 0.15) is 0 Å². The molecule has 0 spiro atoms. The van der Waals surface area contributed by atoms with Gasteiger partial charge in [0.05, 0.1) is 11.4 Å². The first-order valence-electron chi connectivity index (χ1n) is 5.95. The van der Waals surface area contributed by atoms with Crippen LogP contribution in [0.4, 0.5) is 5.69 Å². The molecule has 0 aliphatic rings. The van der Waals surface area contributed by atoms with Gasteiger partial charge < -0.3 is 10.6 Å². The lowest BCUT2D eigenvalue weighted by atomic mass is 10.3. The summed E-state index contributed by atoms with van der Waals surface area (Å²) in [5.74, 6) is -0.277. The smallest absolute Gasteiger partial charge is 0.243 e. The molecule has 1 aromatic rings. The van der Waals surface area contributed by atoms with Crippen LogP contribution < -0.4 is 5.73 Å². The molecule has 0 aliphatic heterocycles. The topological polar surface area (TPSA) is 83.7 Å². The van der Waals surface area contributed by atoms with E-state index in [1.807, 2.05) is 0 Å². The van der Waals surface area contributed by atoms with Crippen molar-refractivity contribution in [3.05, 3.63) is 22.7 Å². The van der Waals surface area contributed by atoms with Crippen molar-refractivity contribution in [2.45, 2.75) is 11.8 Å². The SMILES string of the molecule is CCN(CC(=O)N(C)C)S(=O)(=O)c1ccc(Br)c(N)c1. The highest BCUT2D eigenvalue weighted by Crippen LogP contribution is 2.24. The Bertz CT molecular complexity index is 602. The van der Waals surface area contributed by atoms with Crippen LogP contribution in [0, 0.1) is 0 Å². The van der Waals surface area contributed by atoms with Gasteiger partial charge in [0, 0.05) is 30.8 Å². The van der Waals surface area contributed by atoms with Crippen molar-refractivity contribution in [3.63, 3.8) is 0 Å². The van der Waals surface area contributed by atoms with Crippen molar-refractivity contribution in [1.29, 1.82) is 0 Å². The van der Waals surface area contributed by atoms with Gasteiger partial charge in [-0.05, 0) is 34.1 Å². The van der Waals surface area contributed by atoms with E-state index in [9.17, 15) is 13.2 Å². The summed E-state index contributed by atoms with van der Waals surface area (Å²) in [6.45, 7) is 1.70. The lowest BCUT2D eigenvalue weighted by molar-refractivity contribution is -0.128. The Morgan fingerprint density at radius 1 is 1.35 bits per heavy atom. The monoisotopic (exact) mass is 363 g/mol. The second kappa shape index (κ2) is 6.55. The number of carbonyl (C=O) groups excluding carboxylic acids is 1. The number of rotatable bonds is 5. The predicted molar refractivity (Wildman–Crippen MR) is 81.7 cm³/mol. The summed E-state index contributed by atoms with van der Waals surface area (Å²) in [5.41, 5.74) is 6.04. The minimum Gasteiger partial charge on any atom is -0.398 e. The molecule has 0 bridgehead atoms. The number of sulfonamides is 1. The molecule has 6 nitrogen and oxygen atoms in total. The van der Waals surface area contributed by atoms with Crippen LogP contribution in [0.5, 0.6) is 0 Å². The maximum atomic E-state index is 12.5. The summed E-state index contributed by atoms with van der Waals surface area (Å²) < 4.78 is 26.7. The van der Waals surface area contributed by atoms with Gasteiger partial charge in [-0.25, -0.2) is 8.42 Å². The molecule has 0 atom stereocenters. The van der Waals surface area contributed by atoms with E-state index >= 15 is 0 Å². The largest absolute Gasteiger partial charge is 0.398 e. The van der Waals surface area contributed by atoms with E-state index in [-0.39, 0.29) is 23.9 Å². The number of benzene rings is 1. The Morgan fingerprint density at radius 3 is 2.40 bits per heavy atom. The zero-order valence-electron chi connectivity index (χ0n) is 11.6. The van der Waals surface area contributed by atoms with Crippen LogP contribution in [0.2, 0.25) is 0 Å². The van der Waals surface area contributed by atoms with E-state index in [4.69, 9.17) is 5.73 Å². The average Bonchev–Trinajstić information content (AvgIpc) is 2.38. The Morgan fingerprint density at radius 2 is 1.95 bits per heavy atom.